The minimum absolute atomic E-state index is 0.167. The fourth-order valence-electron chi connectivity index (χ4n) is 2.32. The number of hydrogen-bond donors (Lipinski definition) is 1. The Kier molecular flexibility index (Phi) is 5.91. The molecule has 0 fully saturated rings. The van der Waals surface area contributed by atoms with E-state index in [9.17, 15) is 0 Å². The molecule has 0 radical (unpaired) electrons. The summed E-state index contributed by atoms with van der Waals surface area (Å²) in [4.78, 5) is 1.37. The molecule has 2 rings (SSSR count). The molecule has 1 heterocycles. The predicted octanol–water partition coefficient (Wildman–Crippen LogP) is 6.25. The lowest BCUT2D eigenvalue weighted by Crippen LogP contribution is -2.24. The average molecular weight is 328 g/mol. The monoisotopic (exact) mass is 327 g/mol. The zero-order valence-electron chi connectivity index (χ0n) is 11.7. The van der Waals surface area contributed by atoms with Crippen molar-refractivity contribution in [2.45, 2.75) is 38.8 Å². The Labute approximate surface area is 134 Å². The molecule has 0 aliphatic heterocycles. The lowest BCUT2D eigenvalue weighted by Gasteiger charge is -2.23. The van der Waals surface area contributed by atoms with Crippen molar-refractivity contribution < 1.29 is 0 Å². The van der Waals surface area contributed by atoms with Crippen LogP contribution in [0.4, 0.5) is 0 Å². The van der Waals surface area contributed by atoms with Crippen LogP contribution in [-0.2, 0) is 0 Å². The summed E-state index contributed by atoms with van der Waals surface area (Å²) in [5.74, 6) is 0. The van der Waals surface area contributed by atoms with Crippen LogP contribution in [0.5, 0.6) is 0 Å². The van der Waals surface area contributed by atoms with E-state index in [1.165, 1.54) is 4.88 Å². The summed E-state index contributed by atoms with van der Waals surface area (Å²) in [6, 6.07) is 10.4. The molecule has 0 aliphatic rings. The molecule has 2 atom stereocenters. The predicted molar refractivity (Wildman–Crippen MR) is 90.0 cm³/mol. The summed E-state index contributed by atoms with van der Waals surface area (Å²) in [6.07, 6.45) is 2.26. The molecule has 0 bridgehead atoms. The molecule has 0 amide bonds. The van der Waals surface area contributed by atoms with Crippen LogP contribution in [0, 0.1) is 0 Å². The molecular weight excluding hydrogens is 309 g/mol. The molecule has 2 unspecified atom stereocenters. The smallest absolute Gasteiger partial charge is 0.0454 e. The summed E-state index contributed by atoms with van der Waals surface area (Å²) < 4.78 is 0. The molecule has 1 nitrogen and oxygen atoms in total. The van der Waals surface area contributed by atoms with Gasteiger partial charge in [-0.2, -0.15) is 0 Å². The van der Waals surface area contributed by atoms with E-state index >= 15 is 0 Å². The van der Waals surface area contributed by atoms with Crippen molar-refractivity contribution in [3.05, 3.63) is 56.2 Å². The first-order valence-corrected chi connectivity index (χ1v) is 8.49. The largest absolute Gasteiger partial charge is 0.303 e. The molecule has 1 aromatic carbocycles. The van der Waals surface area contributed by atoms with Gasteiger partial charge in [0.05, 0.1) is 0 Å². The van der Waals surface area contributed by atoms with Crippen molar-refractivity contribution in [2.24, 2.45) is 0 Å². The van der Waals surface area contributed by atoms with Crippen molar-refractivity contribution in [1.29, 1.82) is 0 Å². The average Bonchev–Trinajstić information content (AvgIpc) is 2.95. The highest BCUT2D eigenvalue weighted by molar-refractivity contribution is 7.10. The molecule has 0 saturated carbocycles. The molecule has 20 heavy (non-hydrogen) atoms. The van der Waals surface area contributed by atoms with Crippen molar-refractivity contribution in [2.75, 3.05) is 0 Å². The lowest BCUT2D eigenvalue weighted by molar-refractivity contribution is 0.445. The fraction of sp³-hybridized carbons (Fsp3) is 0.375. The second-order valence-corrected chi connectivity index (χ2v) is 6.73. The van der Waals surface area contributed by atoms with Gasteiger partial charge in [0.25, 0.3) is 0 Å². The third kappa shape index (κ3) is 3.98. The second kappa shape index (κ2) is 7.46. The van der Waals surface area contributed by atoms with E-state index in [0.717, 1.165) is 28.5 Å². The first-order valence-electron chi connectivity index (χ1n) is 6.86. The number of thiophene rings is 1. The van der Waals surface area contributed by atoms with E-state index in [-0.39, 0.29) is 6.04 Å². The summed E-state index contributed by atoms with van der Waals surface area (Å²) >= 11 is 14.1. The molecule has 0 saturated heterocycles. The maximum absolute atomic E-state index is 6.28. The van der Waals surface area contributed by atoms with E-state index < -0.39 is 0 Å². The van der Waals surface area contributed by atoms with Gasteiger partial charge >= 0.3 is 0 Å². The normalized spacial score (nSPS) is 14.2. The summed E-state index contributed by atoms with van der Waals surface area (Å²) in [5.41, 5.74) is 1.05. The topological polar surface area (TPSA) is 12.0 Å². The maximum atomic E-state index is 6.28. The van der Waals surface area contributed by atoms with E-state index in [4.69, 9.17) is 23.2 Å². The van der Waals surface area contributed by atoms with Gasteiger partial charge in [0.1, 0.15) is 0 Å². The number of nitrogens with one attached hydrogen (secondary N) is 1. The lowest BCUT2D eigenvalue weighted by atomic mass is 10.0. The number of rotatable bonds is 6. The molecule has 0 spiro atoms. The Hall–Kier alpha value is -0.540. The summed E-state index contributed by atoms with van der Waals surface area (Å²) in [7, 11) is 0. The van der Waals surface area contributed by atoms with Crippen LogP contribution >= 0.6 is 34.5 Å². The summed E-state index contributed by atoms with van der Waals surface area (Å²) in [6.45, 7) is 4.34. The van der Waals surface area contributed by atoms with Gasteiger partial charge in [-0.05, 0) is 48.6 Å². The molecule has 0 aliphatic carbocycles. The minimum Gasteiger partial charge on any atom is -0.303 e. The fourth-order valence-corrected chi connectivity index (χ4v) is 3.61. The van der Waals surface area contributed by atoms with Crippen molar-refractivity contribution >= 4 is 34.5 Å². The van der Waals surface area contributed by atoms with Crippen LogP contribution in [0.25, 0.3) is 0 Å². The molecule has 1 aromatic heterocycles. The summed E-state index contributed by atoms with van der Waals surface area (Å²) in [5, 5.41) is 7.28. The first kappa shape index (κ1) is 15.8. The van der Waals surface area contributed by atoms with E-state index in [1.807, 2.05) is 18.2 Å². The van der Waals surface area contributed by atoms with Crippen LogP contribution in [0.3, 0.4) is 0 Å². The SMILES string of the molecule is CCCC(NC(C)c1cc(Cl)ccc1Cl)c1cccs1. The van der Waals surface area contributed by atoms with Gasteiger partial charge < -0.3 is 5.32 Å². The molecule has 1 N–H and O–H groups in total. The quantitative estimate of drug-likeness (QED) is 0.661. The molecule has 4 heteroatoms. The van der Waals surface area contributed by atoms with Gasteiger partial charge in [0.2, 0.25) is 0 Å². The number of benzene rings is 1. The standard InChI is InChI=1S/C16H19Cl2NS/c1-3-5-15(16-6-4-9-20-16)19-11(2)13-10-12(17)7-8-14(13)18/h4,6-11,15,19H,3,5H2,1-2H3. The molecule has 2 aromatic rings. The molecule has 108 valence electrons. The third-order valence-electron chi connectivity index (χ3n) is 3.34. The van der Waals surface area contributed by atoms with Gasteiger partial charge in [-0.3, -0.25) is 0 Å². The minimum atomic E-state index is 0.167. The molecular formula is C16H19Cl2NS. The van der Waals surface area contributed by atoms with Crippen LogP contribution in [0.15, 0.2) is 35.7 Å². The Balaban J connectivity index is 2.15. The van der Waals surface area contributed by atoms with Gasteiger partial charge in [-0.15, -0.1) is 11.3 Å². The highest BCUT2D eigenvalue weighted by Crippen LogP contribution is 2.30. The first-order chi connectivity index (χ1) is 9.61. The van der Waals surface area contributed by atoms with E-state index in [0.29, 0.717) is 6.04 Å². The van der Waals surface area contributed by atoms with E-state index in [2.05, 4.69) is 36.7 Å². The Morgan fingerprint density at radius 1 is 1.25 bits per heavy atom. The van der Waals surface area contributed by atoms with Crippen LogP contribution in [-0.4, -0.2) is 0 Å². The van der Waals surface area contributed by atoms with Gasteiger partial charge in [0, 0.05) is 27.0 Å². The van der Waals surface area contributed by atoms with Crippen LogP contribution < -0.4 is 5.32 Å². The second-order valence-electron chi connectivity index (χ2n) is 4.91. The van der Waals surface area contributed by atoms with Crippen molar-refractivity contribution in [3.63, 3.8) is 0 Å². The number of hydrogen-bond acceptors (Lipinski definition) is 2. The van der Waals surface area contributed by atoms with Gasteiger partial charge in [-0.25, -0.2) is 0 Å². The number of halogens is 2. The highest BCUT2D eigenvalue weighted by Gasteiger charge is 2.17. The van der Waals surface area contributed by atoms with Gasteiger partial charge in [-0.1, -0.05) is 42.6 Å². The van der Waals surface area contributed by atoms with Crippen molar-refractivity contribution in [1.82, 2.24) is 5.32 Å². The Morgan fingerprint density at radius 2 is 2.05 bits per heavy atom. The van der Waals surface area contributed by atoms with Crippen molar-refractivity contribution in [3.8, 4) is 0 Å². The third-order valence-corrected chi connectivity index (χ3v) is 4.90. The van der Waals surface area contributed by atoms with Gasteiger partial charge in [0.15, 0.2) is 0 Å². The zero-order chi connectivity index (χ0) is 14.5. The Bertz CT molecular complexity index is 539. The van der Waals surface area contributed by atoms with Crippen LogP contribution in [0.1, 0.15) is 49.2 Å². The zero-order valence-corrected chi connectivity index (χ0v) is 14.0. The maximum Gasteiger partial charge on any atom is 0.0454 e. The van der Waals surface area contributed by atoms with Crippen LogP contribution in [0.2, 0.25) is 10.0 Å². The van der Waals surface area contributed by atoms with E-state index in [1.54, 1.807) is 11.3 Å². The Morgan fingerprint density at radius 3 is 2.70 bits per heavy atom. The highest BCUT2D eigenvalue weighted by atomic mass is 35.5.